The standard InChI is InChI=1S/C16H18ClNO5/c1-22-16(21)13-6-8-18(9-7-14(13)19)15(20)10-23-12-4-2-11(17)3-5-12/h2-5,13H,6-10H2,1H3. The number of esters is 1. The Bertz CT molecular complexity index is 587. The molecule has 6 nitrogen and oxygen atoms in total. The van der Waals surface area contributed by atoms with Crippen LogP contribution in [0.3, 0.4) is 0 Å². The summed E-state index contributed by atoms with van der Waals surface area (Å²) in [6, 6.07) is 6.70. The number of benzene rings is 1. The molecule has 1 atom stereocenters. The summed E-state index contributed by atoms with van der Waals surface area (Å²) in [5.41, 5.74) is 0. The number of ketones is 1. The van der Waals surface area contributed by atoms with E-state index in [-0.39, 0.29) is 37.7 Å². The Hall–Kier alpha value is -2.08. The molecule has 1 unspecified atom stereocenters. The molecule has 2 rings (SSSR count). The van der Waals surface area contributed by atoms with E-state index in [0.29, 0.717) is 17.3 Å². The van der Waals surface area contributed by atoms with Crippen molar-refractivity contribution in [2.45, 2.75) is 12.8 Å². The van der Waals surface area contributed by atoms with Gasteiger partial charge >= 0.3 is 5.97 Å². The minimum Gasteiger partial charge on any atom is -0.484 e. The number of nitrogens with zero attached hydrogens (tertiary/aromatic N) is 1. The number of Topliss-reactive ketones (excluding diaryl/α,β-unsaturated/α-hetero) is 1. The minimum absolute atomic E-state index is 0.126. The molecule has 1 fully saturated rings. The van der Waals surface area contributed by atoms with Gasteiger partial charge in [-0.3, -0.25) is 14.4 Å². The Morgan fingerprint density at radius 3 is 2.61 bits per heavy atom. The van der Waals surface area contributed by atoms with Gasteiger partial charge in [0.15, 0.2) is 6.61 Å². The lowest BCUT2D eigenvalue weighted by molar-refractivity contribution is -0.149. The van der Waals surface area contributed by atoms with Gasteiger partial charge in [0.2, 0.25) is 0 Å². The molecule has 1 saturated heterocycles. The Morgan fingerprint density at radius 2 is 1.96 bits per heavy atom. The van der Waals surface area contributed by atoms with E-state index in [1.165, 1.54) is 12.0 Å². The lowest BCUT2D eigenvalue weighted by atomic mass is 10.00. The number of methoxy groups -OCH3 is 1. The van der Waals surface area contributed by atoms with Crippen molar-refractivity contribution >= 4 is 29.3 Å². The van der Waals surface area contributed by atoms with Crippen molar-refractivity contribution in [2.75, 3.05) is 26.8 Å². The van der Waals surface area contributed by atoms with Gasteiger partial charge < -0.3 is 14.4 Å². The third-order valence-corrected chi connectivity index (χ3v) is 3.97. The molecule has 124 valence electrons. The average Bonchev–Trinajstić information content (AvgIpc) is 2.75. The van der Waals surface area contributed by atoms with Gasteiger partial charge in [-0.2, -0.15) is 0 Å². The first kappa shape index (κ1) is 17.3. The summed E-state index contributed by atoms with van der Waals surface area (Å²) in [5, 5.41) is 0.587. The van der Waals surface area contributed by atoms with E-state index in [1.54, 1.807) is 24.3 Å². The normalized spacial score (nSPS) is 18.3. The largest absolute Gasteiger partial charge is 0.484 e. The summed E-state index contributed by atoms with van der Waals surface area (Å²) in [4.78, 5) is 37.2. The Labute approximate surface area is 139 Å². The van der Waals surface area contributed by atoms with Crippen LogP contribution < -0.4 is 4.74 Å². The third-order valence-electron chi connectivity index (χ3n) is 3.72. The second-order valence-corrected chi connectivity index (χ2v) is 5.64. The van der Waals surface area contributed by atoms with E-state index in [0.717, 1.165) is 0 Å². The van der Waals surface area contributed by atoms with E-state index >= 15 is 0 Å². The predicted octanol–water partition coefficient (Wildman–Crippen LogP) is 1.70. The van der Waals surface area contributed by atoms with Crippen LogP contribution in [0.1, 0.15) is 12.8 Å². The van der Waals surface area contributed by atoms with Gasteiger partial charge in [-0.05, 0) is 30.7 Å². The molecule has 0 aliphatic carbocycles. The molecule has 0 N–H and O–H groups in total. The highest BCUT2D eigenvalue weighted by Gasteiger charge is 2.32. The SMILES string of the molecule is COC(=O)C1CCN(C(=O)COc2ccc(Cl)cc2)CCC1=O. The number of carbonyl (C=O) groups excluding carboxylic acids is 3. The van der Waals surface area contributed by atoms with E-state index in [1.807, 2.05) is 0 Å². The number of likely N-dealkylation sites (tertiary alicyclic amines) is 1. The van der Waals surface area contributed by atoms with Gasteiger partial charge in [0, 0.05) is 24.5 Å². The molecule has 1 aromatic carbocycles. The molecule has 7 heteroatoms. The number of amides is 1. The van der Waals surface area contributed by atoms with Crippen molar-refractivity contribution in [2.24, 2.45) is 5.92 Å². The highest BCUT2D eigenvalue weighted by molar-refractivity contribution is 6.30. The summed E-state index contributed by atoms with van der Waals surface area (Å²) in [6.07, 6.45) is 0.421. The van der Waals surface area contributed by atoms with Gasteiger partial charge in [0.1, 0.15) is 17.5 Å². The number of hydrogen-bond acceptors (Lipinski definition) is 5. The molecule has 1 amide bonds. The number of rotatable bonds is 4. The van der Waals surface area contributed by atoms with Crippen LogP contribution in [-0.4, -0.2) is 49.4 Å². The van der Waals surface area contributed by atoms with E-state index in [4.69, 9.17) is 16.3 Å². The molecule has 1 aliphatic rings. The van der Waals surface area contributed by atoms with Crippen molar-refractivity contribution in [3.05, 3.63) is 29.3 Å². The lowest BCUT2D eigenvalue weighted by Gasteiger charge is -2.20. The molecule has 0 spiro atoms. The zero-order valence-electron chi connectivity index (χ0n) is 12.8. The number of hydrogen-bond donors (Lipinski definition) is 0. The van der Waals surface area contributed by atoms with E-state index in [2.05, 4.69) is 4.74 Å². The third kappa shape index (κ3) is 4.69. The predicted molar refractivity (Wildman–Crippen MR) is 83.3 cm³/mol. The topological polar surface area (TPSA) is 72.9 Å². The molecule has 1 aromatic rings. The average molecular weight is 340 g/mol. The van der Waals surface area contributed by atoms with Gasteiger partial charge in [0.05, 0.1) is 7.11 Å². The van der Waals surface area contributed by atoms with Crippen LogP contribution in [0, 0.1) is 5.92 Å². The Kier molecular flexibility index (Phi) is 5.98. The van der Waals surface area contributed by atoms with Crippen LogP contribution in [0.25, 0.3) is 0 Å². The van der Waals surface area contributed by atoms with Crippen molar-refractivity contribution < 1.29 is 23.9 Å². The maximum atomic E-state index is 12.2. The minimum atomic E-state index is -0.782. The van der Waals surface area contributed by atoms with Gasteiger partial charge in [0.25, 0.3) is 5.91 Å². The molecule has 23 heavy (non-hydrogen) atoms. The molecule has 1 heterocycles. The summed E-state index contributed by atoms with van der Waals surface area (Å²) in [6.45, 7) is 0.488. The van der Waals surface area contributed by atoms with Crippen molar-refractivity contribution in [1.29, 1.82) is 0 Å². The summed E-state index contributed by atoms with van der Waals surface area (Å²) in [5.74, 6) is -1.19. The fourth-order valence-corrected chi connectivity index (χ4v) is 2.51. The fraction of sp³-hybridized carbons (Fsp3) is 0.438. The zero-order chi connectivity index (χ0) is 16.8. The second kappa shape index (κ2) is 7.97. The number of carbonyl (C=O) groups is 3. The highest BCUT2D eigenvalue weighted by Crippen LogP contribution is 2.18. The van der Waals surface area contributed by atoms with E-state index < -0.39 is 11.9 Å². The van der Waals surface area contributed by atoms with Gasteiger partial charge in [-0.15, -0.1) is 0 Å². The lowest BCUT2D eigenvalue weighted by Crippen LogP contribution is -2.36. The van der Waals surface area contributed by atoms with Crippen LogP contribution in [-0.2, 0) is 19.1 Å². The maximum Gasteiger partial charge on any atom is 0.316 e. The highest BCUT2D eigenvalue weighted by atomic mass is 35.5. The summed E-state index contributed by atoms with van der Waals surface area (Å²) < 4.78 is 10.0. The van der Waals surface area contributed by atoms with Crippen LogP contribution in [0.5, 0.6) is 5.75 Å². The first-order valence-electron chi connectivity index (χ1n) is 7.28. The van der Waals surface area contributed by atoms with Crippen LogP contribution in [0.4, 0.5) is 0 Å². The number of halogens is 1. The summed E-state index contributed by atoms with van der Waals surface area (Å²) in [7, 11) is 1.25. The monoisotopic (exact) mass is 339 g/mol. The van der Waals surface area contributed by atoms with Crippen molar-refractivity contribution in [1.82, 2.24) is 4.90 Å². The van der Waals surface area contributed by atoms with Crippen LogP contribution >= 0.6 is 11.6 Å². The quantitative estimate of drug-likeness (QED) is 0.616. The Balaban J connectivity index is 1.89. The number of ether oxygens (including phenoxy) is 2. The molecule has 0 saturated carbocycles. The van der Waals surface area contributed by atoms with E-state index in [9.17, 15) is 14.4 Å². The molecular weight excluding hydrogens is 322 g/mol. The first-order chi connectivity index (χ1) is 11.0. The molecule has 0 radical (unpaired) electrons. The molecule has 1 aliphatic heterocycles. The maximum absolute atomic E-state index is 12.2. The first-order valence-corrected chi connectivity index (χ1v) is 7.65. The fourth-order valence-electron chi connectivity index (χ4n) is 2.39. The van der Waals surface area contributed by atoms with Crippen LogP contribution in [0.2, 0.25) is 5.02 Å². The van der Waals surface area contributed by atoms with Crippen LogP contribution in [0.15, 0.2) is 24.3 Å². The van der Waals surface area contributed by atoms with Crippen molar-refractivity contribution in [3.63, 3.8) is 0 Å². The zero-order valence-corrected chi connectivity index (χ0v) is 13.5. The van der Waals surface area contributed by atoms with Gasteiger partial charge in [-0.25, -0.2) is 0 Å². The van der Waals surface area contributed by atoms with Gasteiger partial charge in [-0.1, -0.05) is 11.6 Å². The molecule has 0 bridgehead atoms. The second-order valence-electron chi connectivity index (χ2n) is 5.20. The molecule has 0 aromatic heterocycles. The van der Waals surface area contributed by atoms with Crippen molar-refractivity contribution in [3.8, 4) is 5.75 Å². The smallest absolute Gasteiger partial charge is 0.316 e. The molecular formula is C16H18ClNO5. The Morgan fingerprint density at radius 1 is 1.26 bits per heavy atom. The summed E-state index contributed by atoms with van der Waals surface area (Å²) >= 11 is 5.78.